The van der Waals surface area contributed by atoms with E-state index in [4.69, 9.17) is 14.0 Å². The molecule has 1 atom stereocenters. The second-order valence-electron chi connectivity index (χ2n) is 6.09. The summed E-state index contributed by atoms with van der Waals surface area (Å²) in [6.07, 6.45) is 1.86. The number of aromatic nitrogens is 1. The van der Waals surface area contributed by atoms with E-state index in [2.05, 4.69) is 10.5 Å². The predicted molar refractivity (Wildman–Crippen MR) is 93.2 cm³/mol. The van der Waals surface area contributed by atoms with E-state index >= 15 is 0 Å². The van der Waals surface area contributed by atoms with Gasteiger partial charge in [0.1, 0.15) is 5.76 Å². The fraction of sp³-hybridized carbons (Fsp3) is 0.444. The largest absolute Gasteiger partial charge is 0.493 e. The Morgan fingerprint density at radius 3 is 2.68 bits per heavy atom. The molecule has 3 rings (SSSR count). The summed E-state index contributed by atoms with van der Waals surface area (Å²) in [6.45, 7) is 4.50. The minimum atomic E-state index is -0.144. The maximum absolute atomic E-state index is 12.8. The molecule has 0 saturated carbocycles. The Morgan fingerprint density at radius 2 is 2.04 bits per heavy atom. The number of amides is 2. The van der Waals surface area contributed by atoms with Crippen molar-refractivity contribution in [2.45, 2.75) is 32.7 Å². The summed E-state index contributed by atoms with van der Waals surface area (Å²) in [7, 11) is 3.14. The molecular formula is C18H23N3O4. The lowest BCUT2D eigenvalue weighted by Gasteiger charge is -2.25. The molecular weight excluding hydrogens is 322 g/mol. The summed E-state index contributed by atoms with van der Waals surface area (Å²) in [5, 5.41) is 6.96. The first kappa shape index (κ1) is 17.1. The van der Waals surface area contributed by atoms with Gasteiger partial charge in [-0.2, -0.15) is 0 Å². The molecule has 0 aliphatic carbocycles. The highest BCUT2D eigenvalue weighted by Gasteiger charge is 2.33. The summed E-state index contributed by atoms with van der Waals surface area (Å²) in [5.74, 6) is 1.97. The van der Waals surface area contributed by atoms with Crippen LogP contribution in [0.2, 0.25) is 0 Å². The number of hydrogen-bond donors (Lipinski definition) is 1. The summed E-state index contributed by atoms with van der Waals surface area (Å²) < 4.78 is 15.8. The first-order valence-corrected chi connectivity index (χ1v) is 8.27. The Kier molecular flexibility index (Phi) is 4.83. The van der Waals surface area contributed by atoms with Crippen LogP contribution in [0.3, 0.4) is 0 Å². The molecule has 2 aromatic rings. The van der Waals surface area contributed by atoms with Crippen LogP contribution in [-0.2, 0) is 0 Å². The lowest BCUT2D eigenvalue weighted by Crippen LogP contribution is -2.34. The Bertz CT molecular complexity index is 752. The van der Waals surface area contributed by atoms with E-state index in [1.807, 2.05) is 18.7 Å². The van der Waals surface area contributed by atoms with Gasteiger partial charge in [0.05, 0.1) is 26.0 Å². The number of urea groups is 1. The second kappa shape index (κ2) is 7.04. The van der Waals surface area contributed by atoms with Crippen molar-refractivity contribution in [2.75, 3.05) is 26.1 Å². The molecule has 1 aromatic heterocycles. The maximum Gasteiger partial charge on any atom is 0.322 e. The van der Waals surface area contributed by atoms with E-state index in [1.165, 1.54) is 0 Å². The molecule has 1 aliphatic heterocycles. The van der Waals surface area contributed by atoms with Crippen LogP contribution in [-0.4, -0.2) is 36.9 Å². The normalized spacial score (nSPS) is 16.8. The molecule has 25 heavy (non-hydrogen) atoms. The number of likely N-dealkylation sites (tertiary alicyclic amines) is 1. The molecule has 0 bridgehead atoms. The van der Waals surface area contributed by atoms with Crippen LogP contribution < -0.4 is 14.8 Å². The van der Waals surface area contributed by atoms with E-state index in [0.29, 0.717) is 23.7 Å². The highest BCUT2D eigenvalue weighted by molar-refractivity contribution is 5.90. The maximum atomic E-state index is 12.8. The molecule has 2 amide bonds. The van der Waals surface area contributed by atoms with Gasteiger partial charge in [-0.25, -0.2) is 4.79 Å². The van der Waals surface area contributed by atoms with Crippen LogP contribution in [0, 0.1) is 13.8 Å². The molecule has 7 heteroatoms. The van der Waals surface area contributed by atoms with Crippen molar-refractivity contribution in [3.05, 3.63) is 35.2 Å². The fourth-order valence-electron chi connectivity index (χ4n) is 3.38. The Morgan fingerprint density at radius 1 is 1.28 bits per heavy atom. The molecule has 2 heterocycles. The average molecular weight is 345 g/mol. The molecule has 134 valence electrons. The van der Waals surface area contributed by atoms with Gasteiger partial charge in [0.2, 0.25) is 0 Å². The third kappa shape index (κ3) is 3.26. The number of hydrogen-bond acceptors (Lipinski definition) is 5. The third-order valence-corrected chi connectivity index (χ3v) is 4.57. The lowest BCUT2D eigenvalue weighted by molar-refractivity contribution is 0.206. The highest BCUT2D eigenvalue weighted by atomic mass is 16.5. The van der Waals surface area contributed by atoms with Crippen LogP contribution in [0.4, 0.5) is 10.5 Å². The van der Waals surface area contributed by atoms with Gasteiger partial charge in [-0.05, 0) is 38.8 Å². The van der Waals surface area contributed by atoms with Crippen LogP contribution in [0.1, 0.15) is 35.9 Å². The molecule has 1 saturated heterocycles. The number of methoxy groups -OCH3 is 2. The molecule has 1 fully saturated rings. The molecule has 1 aromatic carbocycles. The Balaban J connectivity index is 1.79. The van der Waals surface area contributed by atoms with E-state index < -0.39 is 0 Å². The van der Waals surface area contributed by atoms with Crippen molar-refractivity contribution in [1.29, 1.82) is 0 Å². The molecule has 7 nitrogen and oxygen atoms in total. The number of carbonyl (C=O) groups is 1. The zero-order valence-electron chi connectivity index (χ0n) is 15.0. The van der Waals surface area contributed by atoms with Crippen molar-refractivity contribution in [3.63, 3.8) is 0 Å². The number of rotatable bonds is 4. The van der Waals surface area contributed by atoms with Gasteiger partial charge >= 0.3 is 6.03 Å². The lowest BCUT2D eigenvalue weighted by atomic mass is 10.0. The summed E-state index contributed by atoms with van der Waals surface area (Å²) in [6, 6.07) is 5.16. The van der Waals surface area contributed by atoms with Crippen molar-refractivity contribution in [3.8, 4) is 11.5 Å². The number of nitrogens with zero attached hydrogens (tertiary/aromatic N) is 2. The van der Waals surface area contributed by atoms with Gasteiger partial charge in [0.15, 0.2) is 11.5 Å². The first-order chi connectivity index (χ1) is 12.0. The minimum absolute atomic E-state index is 0.00797. The average Bonchev–Trinajstić information content (AvgIpc) is 3.21. The molecule has 1 N–H and O–H groups in total. The monoisotopic (exact) mass is 345 g/mol. The number of benzene rings is 1. The number of carbonyl (C=O) groups excluding carboxylic acids is 1. The van der Waals surface area contributed by atoms with Gasteiger partial charge < -0.3 is 24.2 Å². The summed E-state index contributed by atoms with van der Waals surface area (Å²) >= 11 is 0. The van der Waals surface area contributed by atoms with Crippen molar-refractivity contribution in [1.82, 2.24) is 10.1 Å². The topological polar surface area (TPSA) is 76.8 Å². The smallest absolute Gasteiger partial charge is 0.322 e. The molecule has 0 unspecified atom stereocenters. The van der Waals surface area contributed by atoms with E-state index in [9.17, 15) is 4.79 Å². The summed E-state index contributed by atoms with van der Waals surface area (Å²) in [5.41, 5.74) is 2.51. The highest BCUT2D eigenvalue weighted by Crippen LogP contribution is 2.36. The zero-order valence-corrected chi connectivity index (χ0v) is 15.0. The molecule has 0 spiro atoms. The van der Waals surface area contributed by atoms with E-state index in [0.717, 1.165) is 29.9 Å². The van der Waals surface area contributed by atoms with Crippen molar-refractivity contribution >= 4 is 11.7 Å². The molecule has 0 radical (unpaired) electrons. The van der Waals surface area contributed by atoms with Gasteiger partial charge in [0, 0.05) is 23.9 Å². The minimum Gasteiger partial charge on any atom is -0.493 e. The van der Waals surface area contributed by atoms with Crippen molar-refractivity contribution < 1.29 is 18.8 Å². The third-order valence-electron chi connectivity index (χ3n) is 4.57. The van der Waals surface area contributed by atoms with Crippen LogP contribution >= 0.6 is 0 Å². The quantitative estimate of drug-likeness (QED) is 0.915. The number of anilines is 1. The number of aryl methyl sites for hydroxylation is 2. The van der Waals surface area contributed by atoms with Crippen LogP contribution in [0.25, 0.3) is 0 Å². The van der Waals surface area contributed by atoms with Gasteiger partial charge in [-0.15, -0.1) is 0 Å². The van der Waals surface area contributed by atoms with Gasteiger partial charge in [-0.3, -0.25) is 0 Å². The van der Waals surface area contributed by atoms with Gasteiger partial charge in [0.25, 0.3) is 0 Å². The number of nitrogens with one attached hydrogen (secondary N) is 1. The summed E-state index contributed by atoms with van der Waals surface area (Å²) in [4.78, 5) is 14.6. The first-order valence-electron chi connectivity index (χ1n) is 8.27. The Hall–Kier alpha value is -2.70. The standard InChI is InChI=1S/C18H23N3O4/c1-11-17(12(2)25-20-11)14-6-5-9-21(14)18(22)19-13-7-8-15(23-3)16(10-13)24-4/h7-8,10,14H,5-6,9H2,1-4H3,(H,19,22)/t14-/m0/s1. The fourth-order valence-corrected chi connectivity index (χ4v) is 3.38. The van der Waals surface area contributed by atoms with Crippen LogP contribution in [0.5, 0.6) is 11.5 Å². The van der Waals surface area contributed by atoms with Gasteiger partial charge in [-0.1, -0.05) is 5.16 Å². The zero-order chi connectivity index (χ0) is 18.0. The van der Waals surface area contributed by atoms with Crippen LogP contribution in [0.15, 0.2) is 22.7 Å². The number of ether oxygens (including phenoxy) is 2. The Labute approximate surface area is 146 Å². The second-order valence-corrected chi connectivity index (χ2v) is 6.09. The molecule has 1 aliphatic rings. The van der Waals surface area contributed by atoms with E-state index in [1.54, 1.807) is 32.4 Å². The SMILES string of the molecule is COc1ccc(NC(=O)N2CCC[C@H]2c2c(C)noc2C)cc1OC. The van der Waals surface area contributed by atoms with E-state index in [-0.39, 0.29) is 12.1 Å². The van der Waals surface area contributed by atoms with Crippen molar-refractivity contribution in [2.24, 2.45) is 0 Å². The predicted octanol–water partition coefficient (Wildman–Crippen LogP) is 3.68.